The van der Waals surface area contributed by atoms with Gasteiger partial charge in [-0.25, -0.2) is 14.9 Å². The van der Waals surface area contributed by atoms with E-state index in [1.807, 2.05) is 0 Å². The fraction of sp³-hybridized carbons (Fsp3) is 0.211. The van der Waals surface area contributed by atoms with Gasteiger partial charge < -0.3 is 20.2 Å². The molecule has 3 N–H and O–H groups in total. The van der Waals surface area contributed by atoms with E-state index in [4.69, 9.17) is 16.3 Å². The van der Waals surface area contributed by atoms with Crippen molar-refractivity contribution >= 4 is 23.2 Å². The largest absolute Gasteiger partial charge is 0.496 e. The van der Waals surface area contributed by atoms with Crippen molar-refractivity contribution in [1.82, 2.24) is 30.3 Å². The summed E-state index contributed by atoms with van der Waals surface area (Å²) in [6.07, 6.45) is 6.53. The molecule has 0 aliphatic carbocycles. The molecular formula is C19H19ClN6O3. The van der Waals surface area contributed by atoms with Crippen LogP contribution in [0, 0.1) is 0 Å². The third-order valence-electron chi connectivity index (χ3n) is 4.53. The molecule has 3 aromatic rings. The molecule has 1 aromatic carbocycles. The molecule has 0 fully saturated rings. The van der Waals surface area contributed by atoms with Crippen molar-refractivity contribution in [3.63, 3.8) is 0 Å². The van der Waals surface area contributed by atoms with Crippen LogP contribution in [0.2, 0.25) is 5.02 Å². The number of ether oxygens (including phenoxy) is 1. The summed E-state index contributed by atoms with van der Waals surface area (Å²) < 4.78 is 6.99. The van der Waals surface area contributed by atoms with Crippen molar-refractivity contribution in [2.24, 2.45) is 0 Å². The Morgan fingerprint density at radius 3 is 3.10 bits per heavy atom. The maximum atomic E-state index is 12.9. The average Bonchev–Trinajstić information content (AvgIpc) is 3.32. The van der Waals surface area contributed by atoms with E-state index >= 15 is 0 Å². The number of hydrogen-bond acceptors (Lipinski definition) is 7. The summed E-state index contributed by atoms with van der Waals surface area (Å²) in [7, 11) is 1.57. The Morgan fingerprint density at radius 2 is 2.31 bits per heavy atom. The minimum atomic E-state index is -0.422. The second-order valence-corrected chi connectivity index (χ2v) is 6.79. The lowest BCUT2D eigenvalue weighted by Gasteiger charge is -2.22. The molecule has 150 valence electrons. The molecule has 0 saturated carbocycles. The maximum absolute atomic E-state index is 12.9. The summed E-state index contributed by atoms with van der Waals surface area (Å²) in [5, 5.41) is 18.6. The molecule has 0 saturated heterocycles. The highest BCUT2D eigenvalue weighted by Gasteiger charge is 2.30. The van der Waals surface area contributed by atoms with Crippen molar-refractivity contribution in [2.45, 2.75) is 6.04 Å². The number of aliphatic hydroxyl groups excluding tert-OH is 1. The van der Waals surface area contributed by atoms with Crippen LogP contribution >= 0.6 is 11.6 Å². The van der Waals surface area contributed by atoms with Gasteiger partial charge in [-0.1, -0.05) is 11.6 Å². The number of nitrogens with one attached hydrogen (secondary N) is 2. The molecule has 1 aliphatic rings. The van der Waals surface area contributed by atoms with Crippen LogP contribution in [0.5, 0.6) is 5.75 Å². The number of carbonyl (C=O) groups is 1. The minimum absolute atomic E-state index is 0.0535. The van der Waals surface area contributed by atoms with Crippen LogP contribution in [0.4, 0.5) is 0 Å². The van der Waals surface area contributed by atoms with Gasteiger partial charge in [0.2, 0.25) is 0 Å². The lowest BCUT2D eigenvalue weighted by atomic mass is 10.0. The van der Waals surface area contributed by atoms with Crippen LogP contribution in [0.15, 0.2) is 54.8 Å². The Bertz CT molecular complexity index is 1080. The van der Waals surface area contributed by atoms with E-state index in [0.29, 0.717) is 34.2 Å². The van der Waals surface area contributed by atoms with Crippen molar-refractivity contribution < 1.29 is 14.6 Å². The molecule has 1 amide bonds. The van der Waals surface area contributed by atoms with Crippen LogP contribution in [0.1, 0.15) is 22.0 Å². The zero-order valence-electron chi connectivity index (χ0n) is 15.5. The molecule has 0 spiro atoms. The lowest BCUT2D eigenvalue weighted by molar-refractivity contribution is 0.0964. The number of methoxy groups -OCH3 is 1. The second kappa shape index (κ2) is 8.08. The van der Waals surface area contributed by atoms with Gasteiger partial charge in [0.15, 0.2) is 5.65 Å². The molecule has 9 nitrogen and oxygen atoms in total. The first kappa shape index (κ1) is 19.2. The maximum Gasteiger partial charge on any atom is 0.261 e. The van der Waals surface area contributed by atoms with Gasteiger partial charge in [-0.3, -0.25) is 4.79 Å². The van der Waals surface area contributed by atoms with Gasteiger partial charge in [-0.2, -0.15) is 5.10 Å². The topological polar surface area (TPSA) is 104 Å². The number of rotatable bonds is 6. The number of nitrogens with zero attached hydrogens (tertiary/aromatic N) is 4. The number of benzene rings is 1. The fourth-order valence-electron chi connectivity index (χ4n) is 3.21. The Balaban J connectivity index is 1.66. The van der Waals surface area contributed by atoms with Gasteiger partial charge in [0, 0.05) is 29.2 Å². The summed E-state index contributed by atoms with van der Waals surface area (Å²) in [5.74, 6) is 0.277. The summed E-state index contributed by atoms with van der Waals surface area (Å²) in [4.78, 5) is 17.2. The smallest absolute Gasteiger partial charge is 0.261 e. The van der Waals surface area contributed by atoms with Crippen molar-refractivity contribution in [1.29, 1.82) is 0 Å². The molecule has 1 unspecified atom stereocenters. The first-order chi connectivity index (χ1) is 14.1. The molecule has 4 rings (SSSR count). The molecule has 1 atom stereocenters. The predicted octanol–water partition coefficient (Wildman–Crippen LogP) is 1.52. The van der Waals surface area contributed by atoms with Gasteiger partial charge in [0.1, 0.15) is 11.3 Å². The van der Waals surface area contributed by atoms with Gasteiger partial charge >= 0.3 is 0 Å². The monoisotopic (exact) mass is 414 g/mol. The minimum Gasteiger partial charge on any atom is -0.496 e. The van der Waals surface area contributed by atoms with Gasteiger partial charge in [-0.05, 0) is 24.3 Å². The van der Waals surface area contributed by atoms with Crippen molar-refractivity contribution in [3.05, 3.63) is 70.9 Å². The summed E-state index contributed by atoms with van der Waals surface area (Å²) in [6, 6.07) is 6.59. The molecule has 10 heteroatoms. The quantitative estimate of drug-likeness (QED) is 0.561. The summed E-state index contributed by atoms with van der Waals surface area (Å²) >= 11 is 6.19. The predicted molar refractivity (Wildman–Crippen MR) is 106 cm³/mol. The third kappa shape index (κ3) is 3.75. The van der Waals surface area contributed by atoms with Crippen LogP contribution in [-0.2, 0) is 0 Å². The molecular weight excluding hydrogens is 396 g/mol. The normalized spacial score (nSPS) is 16.2. The van der Waals surface area contributed by atoms with E-state index in [1.165, 1.54) is 10.7 Å². The van der Waals surface area contributed by atoms with Crippen molar-refractivity contribution in [2.75, 3.05) is 20.3 Å². The third-order valence-corrected chi connectivity index (χ3v) is 4.76. The Kier molecular flexibility index (Phi) is 5.34. The van der Waals surface area contributed by atoms with E-state index in [2.05, 4.69) is 20.8 Å². The highest BCUT2D eigenvalue weighted by molar-refractivity contribution is 6.30. The summed E-state index contributed by atoms with van der Waals surface area (Å²) in [6.45, 7) is 0.291. The number of aromatic nitrogens is 3. The fourth-order valence-corrected chi connectivity index (χ4v) is 3.39. The highest BCUT2D eigenvalue weighted by Crippen LogP contribution is 2.34. The number of fused-ring (bicyclic) bond motifs is 1. The number of amides is 1. The van der Waals surface area contributed by atoms with E-state index in [1.54, 1.807) is 55.0 Å². The Hall–Kier alpha value is -3.14. The van der Waals surface area contributed by atoms with Crippen LogP contribution < -0.4 is 15.5 Å². The van der Waals surface area contributed by atoms with Gasteiger partial charge in [-0.15, -0.1) is 0 Å². The van der Waals surface area contributed by atoms with Crippen LogP contribution in [0.25, 0.3) is 5.65 Å². The first-order valence-corrected chi connectivity index (χ1v) is 9.27. The van der Waals surface area contributed by atoms with E-state index < -0.39 is 6.04 Å². The molecule has 3 heterocycles. The second-order valence-electron chi connectivity index (χ2n) is 6.35. The summed E-state index contributed by atoms with van der Waals surface area (Å²) in [5.41, 5.74) is 5.39. The number of hydrazine groups is 1. The van der Waals surface area contributed by atoms with E-state index in [9.17, 15) is 9.90 Å². The van der Waals surface area contributed by atoms with Crippen molar-refractivity contribution in [3.8, 4) is 5.75 Å². The molecule has 1 aliphatic heterocycles. The molecule has 0 bridgehead atoms. The van der Waals surface area contributed by atoms with Crippen LogP contribution in [0.3, 0.4) is 0 Å². The Labute approximate surface area is 171 Å². The number of carbonyl (C=O) groups excluding carboxylic acids is 1. The van der Waals surface area contributed by atoms with Gasteiger partial charge in [0.25, 0.3) is 5.91 Å². The van der Waals surface area contributed by atoms with Gasteiger partial charge in [0.05, 0.1) is 38.2 Å². The molecule has 29 heavy (non-hydrogen) atoms. The highest BCUT2D eigenvalue weighted by atomic mass is 35.5. The molecule has 2 aromatic heterocycles. The average molecular weight is 415 g/mol. The number of halogens is 1. The van der Waals surface area contributed by atoms with E-state index in [0.717, 1.165) is 5.56 Å². The zero-order chi connectivity index (χ0) is 20.4. The zero-order valence-corrected chi connectivity index (χ0v) is 16.3. The molecule has 0 radical (unpaired) electrons. The Morgan fingerprint density at radius 1 is 1.45 bits per heavy atom. The van der Waals surface area contributed by atoms with Crippen LogP contribution in [-0.4, -0.2) is 50.9 Å². The lowest BCUT2D eigenvalue weighted by Crippen LogP contribution is -2.35. The standard InChI is InChI=1S/C19H19ClN6O3/c1-29-16-4-3-12(20)9-13(16)17-15(11-25(24-17)7-8-27)23-19(28)14-10-22-26-6-2-5-21-18(14)26/h2-6,9-11,17,24,27H,7-8H2,1H3,(H,23,28). The SMILES string of the molecule is COc1ccc(Cl)cc1C1NN(CCO)C=C1NC(=O)c1cnn2cccnc12. The number of aliphatic hydroxyl groups is 1. The van der Waals surface area contributed by atoms with E-state index in [-0.39, 0.29) is 12.5 Å². The number of hydrogen-bond donors (Lipinski definition) is 3. The number of β-amino-alcohol motifs (C(OH)–C–C–N with tert-alkyl or cyclic N) is 1. The first-order valence-electron chi connectivity index (χ1n) is 8.89.